The number of carbonyl (C=O) groups is 1. The van der Waals surface area contributed by atoms with E-state index in [1.165, 1.54) is 31.2 Å². The third kappa shape index (κ3) is 10.1. The highest BCUT2D eigenvalue weighted by Crippen LogP contribution is 2.41. The largest absolute Gasteiger partial charge is 0.484 e. The van der Waals surface area contributed by atoms with Gasteiger partial charge in [0.25, 0.3) is 5.91 Å². The van der Waals surface area contributed by atoms with Crippen LogP contribution in [0.1, 0.15) is 57.4 Å². The minimum absolute atomic E-state index is 0. The molecule has 2 saturated carbocycles. The van der Waals surface area contributed by atoms with Crippen molar-refractivity contribution < 1.29 is 14.3 Å². The van der Waals surface area contributed by atoms with E-state index in [0.29, 0.717) is 11.5 Å². The third-order valence-electron chi connectivity index (χ3n) is 6.36. The Balaban J connectivity index is 0.00000385. The van der Waals surface area contributed by atoms with E-state index in [4.69, 9.17) is 14.5 Å². The number of aliphatic imine (C=N–C) groups is 1. The highest BCUT2D eigenvalue weighted by Gasteiger charge is 2.33. The van der Waals surface area contributed by atoms with Crippen molar-refractivity contribution in [2.45, 2.75) is 64.3 Å². The van der Waals surface area contributed by atoms with Crippen molar-refractivity contribution >= 4 is 35.8 Å². The van der Waals surface area contributed by atoms with Crippen molar-refractivity contribution in [3.63, 3.8) is 0 Å². The summed E-state index contributed by atoms with van der Waals surface area (Å²) in [7, 11) is 1.78. The van der Waals surface area contributed by atoms with Gasteiger partial charge in [0.1, 0.15) is 5.75 Å². The summed E-state index contributed by atoms with van der Waals surface area (Å²) >= 11 is 0. The van der Waals surface area contributed by atoms with Crippen LogP contribution in [0.5, 0.6) is 5.75 Å². The number of carbonyl (C=O) groups excluding carboxylic acids is 1. The van der Waals surface area contributed by atoms with Crippen molar-refractivity contribution in [1.82, 2.24) is 16.0 Å². The number of guanidine groups is 1. The second-order valence-corrected chi connectivity index (χ2v) is 9.10. The van der Waals surface area contributed by atoms with Gasteiger partial charge in [0.15, 0.2) is 12.6 Å². The number of nitrogens with one attached hydrogen (secondary N) is 3. The lowest BCUT2D eigenvalue weighted by atomic mass is 9.83. The Morgan fingerprint density at radius 3 is 2.52 bits per heavy atom. The fourth-order valence-corrected chi connectivity index (χ4v) is 4.24. The van der Waals surface area contributed by atoms with Crippen LogP contribution in [0.15, 0.2) is 29.3 Å². The molecule has 2 aliphatic rings. The number of hydrogen-bond donors (Lipinski definition) is 3. The van der Waals surface area contributed by atoms with Gasteiger partial charge in [-0.15, -0.1) is 24.0 Å². The molecular formula is C25H41IN4O3. The van der Waals surface area contributed by atoms with Crippen LogP contribution in [0.4, 0.5) is 0 Å². The van der Waals surface area contributed by atoms with Crippen LogP contribution >= 0.6 is 24.0 Å². The SMILES string of the molecule is CCNC(=NCC1(CCOC)CCCC1)NCCc1ccc(OCC(=O)NC2CC2)cc1.I. The van der Waals surface area contributed by atoms with Crippen LogP contribution in [0.25, 0.3) is 0 Å². The molecule has 1 aromatic carbocycles. The molecule has 0 atom stereocenters. The molecule has 0 saturated heterocycles. The smallest absolute Gasteiger partial charge is 0.258 e. The summed E-state index contributed by atoms with van der Waals surface area (Å²) in [4.78, 5) is 16.6. The Bertz CT molecular complexity index is 732. The molecule has 0 bridgehead atoms. The van der Waals surface area contributed by atoms with Crippen molar-refractivity contribution in [3.8, 4) is 5.75 Å². The Kier molecular flexibility index (Phi) is 12.3. The summed E-state index contributed by atoms with van der Waals surface area (Å²) in [6.45, 7) is 5.48. The molecule has 1 amide bonds. The Morgan fingerprint density at radius 2 is 1.88 bits per heavy atom. The van der Waals surface area contributed by atoms with Gasteiger partial charge in [-0.3, -0.25) is 9.79 Å². The van der Waals surface area contributed by atoms with Gasteiger partial charge in [-0.25, -0.2) is 0 Å². The van der Waals surface area contributed by atoms with E-state index in [2.05, 4.69) is 35.0 Å². The third-order valence-corrected chi connectivity index (χ3v) is 6.36. The molecule has 2 aliphatic carbocycles. The predicted octanol–water partition coefficient (Wildman–Crippen LogP) is 3.66. The lowest BCUT2D eigenvalue weighted by Crippen LogP contribution is -2.39. The zero-order chi connectivity index (χ0) is 22.7. The van der Waals surface area contributed by atoms with Crippen LogP contribution in [0, 0.1) is 5.41 Å². The lowest BCUT2D eigenvalue weighted by molar-refractivity contribution is -0.123. The van der Waals surface area contributed by atoms with Crippen LogP contribution in [0.3, 0.4) is 0 Å². The van der Waals surface area contributed by atoms with E-state index in [-0.39, 0.29) is 36.5 Å². The second kappa shape index (κ2) is 14.7. The molecule has 0 aliphatic heterocycles. The maximum Gasteiger partial charge on any atom is 0.258 e. The Hall–Kier alpha value is -1.55. The highest BCUT2D eigenvalue weighted by molar-refractivity contribution is 14.0. The first-order valence-electron chi connectivity index (χ1n) is 12.1. The molecule has 0 radical (unpaired) electrons. The maximum atomic E-state index is 11.7. The van der Waals surface area contributed by atoms with Gasteiger partial charge >= 0.3 is 0 Å². The van der Waals surface area contributed by atoms with Crippen molar-refractivity contribution in [1.29, 1.82) is 0 Å². The predicted molar refractivity (Wildman–Crippen MR) is 144 cm³/mol. The normalized spacial score (nSPS) is 17.2. The minimum Gasteiger partial charge on any atom is -0.484 e. The van der Waals surface area contributed by atoms with Gasteiger partial charge in [-0.2, -0.15) is 0 Å². The summed E-state index contributed by atoms with van der Waals surface area (Å²) in [5, 5.41) is 9.77. The fourth-order valence-electron chi connectivity index (χ4n) is 4.24. The fraction of sp³-hybridized carbons (Fsp3) is 0.680. The summed E-state index contributed by atoms with van der Waals surface area (Å²) in [5.41, 5.74) is 1.51. The first-order valence-corrected chi connectivity index (χ1v) is 12.1. The van der Waals surface area contributed by atoms with Crippen molar-refractivity contribution in [2.24, 2.45) is 10.4 Å². The van der Waals surface area contributed by atoms with Gasteiger partial charge in [0.2, 0.25) is 0 Å². The number of methoxy groups -OCH3 is 1. The van der Waals surface area contributed by atoms with Crippen LogP contribution in [-0.4, -0.2) is 57.9 Å². The Morgan fingerprint density at radius 1 is 1.15 bits per heavy atom. The number of hydrogen-bond acceptors (Lipinski definition) is 4. The standard InChI is InChI=1S/C25H40N4O3.HI/c1-3-26-24(28-19-25(15-17-31-2)13-4-5-14-25)27-16-12-20-6-10-22(11-7-20)32-18-23(30)29-21-8-9-21;/h6-7,10-11,21H,3-5,8-9,12-19H2,1-2H3,(H,29,30)(H2,26,27,28);1H. The number of amides is 1. The number of halogens is 1. The van der Waals surface area contributed by atoms with Crippen LogP contribution in [0.2, 0.25) is 0 Å². The van der Waals surface area contributed by atoms with Gasteiger partial charge < -0.3 is 25.4 Å². The van der Waals surface area contributed by atoms with Gasteiger partial charge in [0.05, 0.1) is 0 Å². The Labute approximate surface area is 215 Å². The maximum absolute atomic E-state index is 11.7. The monoisotopic (exact) mass is 572 g/mol. The van der Waals surface area contributed by atoms with E-state index < -0.39 is 0 Å². The highest BCUT2D eigenvalue weighted by atomic mass is 127. The molecule has 0 unspecified atom stereocenters. The summed E-state index contributed by atoms with van der Waals surface area (Å²) in [6.07, 6.45) is 9.24. The average molecular weight is 573 g/mol. The quantitative estimate of drug-likeness (QED) is 0.191. The van der Waals surface area contributed by atoms with Gasteiger partial charge in [-0.1, -0.05) is 25.0 Å². The summed E-state index contributed by atoms with van der Waals surface area (Å²) in [6, 6.07) is 8.33. The van der Waals surface area contributed by atoms with E-state index in [0.717, 1.165) is 63.6 Å². The first kappa shape index (κ1) is 27.7. The van der Waals surface area contributed by atoms with E-state index in [1.807, 2.05) is 12.1 Å². The van der Waals surface area contributed by atoms with Gasteiger partial charge in [0, 0.05) is 39.4 Å². The van der Waals surface area contributed by atoms with Crippen molar-refractivity contribution in [2.75, 3.05) is 40.0 Å². The molecule has 2 fully saturated rings. The topological polar surface area (TPSA) is 84.0 Å². The molecule has 0 aromatic heterocycles. The first-order chi connectivity index (χ1) is 15.6. The molecule has 0 spiro atoms. The van der Waals surface area contributed by atoms with Gasteiger partial charge in [-0.05, 0) is 68.6 Å². The molecule has 0 heterocycles. The van der Waals surface area contributed by atoms with E-state index in [9.17, 15) is 4.79 Å². The molecule has 3 N–H and O–H groups in total. The van der Waals surface area contributed by atoms with Crippen LogP contribution < -0.4 is 20.7 Å². The number of benzene rings is 1. The molecule has 1 aromatic rings. The molecular weight excluding hydrogens is 531 g/mol. The lowest BCUT2D eigenvalue weighted by Gasteiger charge is -2.27. The van der Waals surface area contributed by atoms with Crippen molar-refractivity contribution in [3.05, 3.63) is 29.8 Å². The summed E-state index contributed by atoms with van der Waals surface area (Å²) in [5.74, 6) is 1.57. The zero-order valence-corrected chi connectivity index (χ0v) is 22.5. The summed E-state index contributed by atoms with van der Waals surface area (Å²) < 4.78 is 10.9. The number of rotatable bonds is 13. The zero-order valence-electron chi connectivity index (χ0n) is 20.2. The minimum atomic E-state index is -0.0439. The number of nitrogens with zero attached hydrogens (tertiary/aromatic N) is 1. The average Bonchev–Trinajstić information content (AvgIpc) is 3.49. The molecule has 33 heavy (non-hydrogen) atoms. The van der Waals surface area contributed by atoms with Crippen LogP contribution in [-0.2, 0) is 16.0 Å². The van der Waals surface area contributed by atoms with E-state index >= 15 is 0 Å². The van der Waals surface area contributed by atoms with E-state index in [1.54, 1.807) is 7.11 Å². The molecule has 3 rings (SSSR count). The molecule has 8 heteroatoms. The second-order valence-electron chi connectivity index (χ2n) is 9.10. The number of ether oxygens (including phenoxy) is 2. The molecule has 186 valence electrons. The molecule has 7 nitrogen and oxygen atoms in total.